The van der Waals surface area contributed by atoms with Crippen LogP contribution in [0.3, 0.4) is 0 Å². The molecular weight excluding hydrogens is 448 g/mol. The molecule has 0 saturated heterocycles. The second-order valence-electron chi connectivity index (χ2n) is 6.30. The van der Waals surface area contributed by atoms with Crippen molar-refractivity contribution in [3.8, 4) is 0 Å². The van der Waals surface area contributed by atoms with Gasteiger partial charge in [-0.3, -0.25) is 4.99 Å². The molecule has 1 aliphatic rings. The summed E-state index contributed by atoms with van der Waals surface area (Å²) in [5, 5.41) is 10.0. The van der Waals surface area contributed by atoms with E-state index in [-0.39, 0.29) is 36.9 Å². The lowest BCUT2D eigenvalue weighted by Crippen LogP contribution is -2.44. The molecular formula is C16H26F3IN4O. The van der Waals surface area contributed by atoms with Crippen LogP contribution < -0.4 is 10.6 Å². The SMILES string of the molecule is CN=C(NCc1c(C)noc1C)NCC1CCCCC1C(F)(F)F.I. The third-order valence-corrected chi connectivity index (χ3v) is 4.70. The van der Waals surface area contributed by atoms with E-state index < -0.39 is 18.0 Å². The zero-order valence-electron chi connectivity index (χ0n) is 14.7. The number of nitrogens with one attached hydrogen (secondary N) is 2. The molecule has 0 amide bonds. The highest BCUT2D eigenvalue weighted by atomic mass is 127. The molecule has 1 heterocycles. The second-order valence-corrected chi connectivity index (χ2v) is 6.30. The Bertz CT molecular complexity index is 555. The van der Waals surface area contributed by atoms with E-state index in [9.17, 15) is 13.2 Å². The van der Waals surface area contributed by atoms with E-state index in [0.29, 0.717) is 25.3 Å². The molecule has 0 radical (unpaired) electrons. The van der Waals surface area contributed by atoms with Crippen molar-refractivity contribution in [1.82, 2.24) is 15.8 Å². The molecule has 0 aliphatic heterocycles. The maximum Gasteiger partial charge on any atom is 0.392 e. The molecule has 1 saturated carbocycles. The largest absolute Gasteiger partial charge is 0.392 e. The number of halogens is 4. The smallest absolute Gasteiger partial charge is 0.361 e. The van der Waals surface area contributed by atoms with Crippen molar-refractivity contribution < 1.29 is 17.7 Å². The van der Waals surface area contributed by atoms with E-state index in [1.54, 1.807) is 7.05 Å². The topological polar surface area (TPSA) is 62.5 Å². The maximum atomic E-state index is 13.1. The van der Waals surface area contributed by atoms with Gasteiger partial charge in [0.15, 0.2) is 5.96 Å². The van der Waals surface area contributed by atoms with Gasteiger partial charge in [-0.25, -0.2) is 0 Å². The lowest BCUT2D eigenvalue weighted by Gasteiger charge is -2.33. The van der Waals surface area contributed by atoms with Crippen LogP contribution in [0.2, 0.25) is 0 Å². The molecule has 1 aromatic rings. The van der Waals surface area contributed by atoms with Gasteiger partial charge >= 0.3 is 6.18 Å². The summed E-state index contributed by atoms with van der Waals surface area (Å²) in [4.78, 5) is 4.08. The zero-order chi connectivity index (χ0) is 17.7. The Hall–Kier alpha value is -1.00. The average Bonchev–Trinajstić information content (AvgIpc) is 2.86. The van der Waals surface area contributed by atoms with E-state index in [0.717, 1.165) is 23.4 Å². The van der Waals surface area contributed by atoms with Crippen molar-refractivity contribution in [2.24, 2.45) is 16.8 Å². The minimum atomic E-state index is -4.12. The second kappa shape index (κ2) is 9.63. The van der Waals surface area contributed by atoms with Gasteiger partial charge in [0.05, 0.1) is 11.6 Å². The van der Waals surface area contributed by atoms with E-state index in [1.165, 1.54) is 0 Å². The van der Waals surface area contributed by atoms with Crippen LogP contribution in [-0.2, 0) is 6.54 Å². The summed E-state index contributed by atoms with van der Waals surface area (Å²) in [5.41, 5.74) is 1.73. The summed E-state index contributed by atoms with van der Waals surface area (Å²) >= 11 is 0. The maximum absolute atomic E-state index is 13.1. The fourth-order valence-corrected chi connectivity index (χ4v) is 3.26. The molecule has 2 N–H and O–H groups in total. The standard InChI is InChI=1S/C16H25F3N4O.HI/c1-10-13(11(2)24-23-10)9-22-15(20-3)21-8-12-6-4-5-7-14(12)16(17,18)19;/h12,14H,4-9H2,1-3H3,(H2,20,21,22);1H. The monoisotopic (exact) mass is 474 g/mol. The Balaban J connectivity index is 0.00000312. The van der Waals surface area contributed by atoms with Crippen molar-refractivity contribution in [3.63, 3.8) is 0 Å². The van der Waals surface area contributed by atoms with Crippen LogP contribution in [0.15, 0.2) is 9.52 Å². The Morgan fingerprint density at radius 2 is 1.92 bits per heavy atom. The quantitative estimate of drug-likeness (QED) is 0.395. The number of aryl methyl sites for hydroxylation is 2. The molecule has 1 aliphatic carbocycles. The summed E-state index contributed by atoms with van der Waals surface area (Å²) in [7, 11) is 1.60. The Labute approximate surface area is 163 Å². The first kappa shape index (κ1) is 22.0. The fraction of sp³-hybridized carbons (Fsp3) is 0.750. The molecule has 2 rings (SSSR count). The van der Waals surface area contributed by atoms with Crippen LogP contribution >= 0.6 is 24.0 Å². The molecule has 1 aromatic heterocycles. The summed E-state index contributed by atoms with van der Waals surface area (Å²) in [6.07, 6.45) is -1.80. The van der Waals surface area contributed by atoms with Crippen molar-refractivity contribution in [3.05, 3.63) is 17.0 Å². The van der Waals surface area contributed by atoms with Crippen molar-refractivity contribution in [2.75, 3.05) is 13.6 Å². The van der Waals surface area contributed by atoms with Gasteiger partial charge in [-0.1, -0.05) is 18.0 Å². The van der Waals surface area contributed by atoms with Gasteiger partial charge in [0.2, 0.25) is 0 Å². The van der Waals surface area contributed by atoms with Gasteiger partial charge in [-0.2, -0.15) is 13.2 Å². The predicted octanol–water partition coefficient (Wildman–Crippen LogP) is 3.94. The average molecular weight is 474 g/mol. The minimum Gasteiger partial charge on any atom is -0.361 e. The molecule has 144 valence electrons. The number of hydrogen-bond donors (Lipinski definition) is 2. The molecule has 2 atom stereocenters. The van der Waals surface area contributed by atoms with Crippen LogP contribution in [0.1, 0.15) is 42.7 Å². The van der Waals surface area contributed by atoms with Gasteiger partial charge < -0.3 is 15.2 Å². The number of rotatable bonds is 4. The van der Waals surface area contributed by atoms with Crippen LogP contribution in [0.5, 0.6) is 0 Å². The third-order valence-electron chi connectivity index (χ3n) is 4.70. The number of hydrogen-bond acceptors (Lipinski definition) is 3. The van der Waals surface area contributed by atoms with Gasteiger partial charge in [-0.05, 0) is 32.6 Å². The number of aromatic nitrogens is 1. The van der Waals surface area contributed by atoms with Crippen LogP contribution in [0.4, 0.5) is 13.2 Å². The van der Waals surface area contributed by atoms with Gasteiger partial charge in [0.1, 0.15) is 5.76 Å². The number of guanidine groups is 1. The third kappa shape index (κ3) is 6.03. The molecule has 0 aromatic carbocycles. The first-order valence-corrected chi connectivity index (χ1v) is 8.26. The fourth-order valence-electron chi connectivity index (χ4n) is 3.26. The van der Waals surface area contributed by atoms with Gasteiger partial charge in [0.25, 0.3) is 0 Å². The molecule has 0 bridgehead atoms. The number of alkyl halides is 3. The van der Waals surface area contributed by atoms with Crippen LogP contribution in [0.25, 0.3) is 0 Å². The highest BCUT2D eigenvalue weighted by Gasteiger charge is 2.45. The molecule has 2 unspecified atom stereocenters. The highest BCUT2D eigenvalue weighted by Crippen LogP contribution is 2.41. The predicted molar refractivity (Wildman–Crippen MR) is 101 cm³/mol. The van der Waals surface area contributed by atoms with Gasteiger partial charge in [-0.15, -0.1) is 24.0 Å². The minimum absolute atomic E-state index is 0. The molecule has 1 fully saturated rings. The van der Waals surface area contributed by atoms with E-state index in [4.69, 9.17) is 4.52 Å². The van der Waals surface area contributed by atoms with Crippen LogP contribution in [0, 0.1) is 25.7 Å². The van der Waals surface area contributed by atoms with Crippen molar-refractivity contribution in [2.45, 2.75) is 52.3 Å². The number of aliphatic imine (C=N–C) groups is 1. The first-order chi connectivity index (χ1) is 11.3. The van der Waals surface area contributed by atoms with E-state index in [2.05, 4.69) is 20.8 Å². The zero-order valence-corrected chi connectivity index (χ0v) is 17.1. The summed E-state index contributed by atoms with van der Waals surface area (Å²) in [6.45, 7) is 4.41. The van der Waals surface area contributed by atoms with Crippen molar-refractivity contribution >= 4 is 29.9 Å². The Kier molecular flexibility index (Phi) is 8.49. The van der Waals surface area contributed by atoms with Crippen molar-refractivity contribution in [1.29, 1.82) is 0 Å². The lowest BCUT2D eigenvalue weighted by molar-refractivity contribution is -0.195. The summed E-state index contributed by atoms with van der Waals surface area (Å²) in [5.74, 6) is -0.419. The van der Waals surface area contributed by atoms with E-state index >= 15 is 0 Å². The Morgan fingerprint density at radius 3 is 2.48 bits per heavy atom. The Morgan fingerprint density at radius 1 is 1.24 bits per heavy atom. The molecule has 9 heteroatoms. The molecule has 25 heavy (non-hydrogen) atoms. The molecule has 0 spiro atoms. The van der Waals surface area contributed by atoms with Gasteiger partial charge in [0, 0.05) is 25.7 Å². The first-order valence-electron chi connectivity index (χ1n) is 8.26. The number of nitrogens with zero attached hydrogens (tertiary/aromatic N) is 2. The summed E-state index contributed by atoms with van der Waals surface area (Å²) in [6, 6.07) is 0. The normalized spacial score (nSPS) is 21.6. The van der Waals surface area contributed by atoms with E-state index in [1.807, 2.05) is 13.8 Å². The lowest BCUT2D eigenvalue weighted by atomic mass is 9.79. The van der Waals surface area contributed by atoms with Crippen LogP contribution in [-0.4, -0.2) is 30.9 Å². The highest BCUT2D eigenvalue weighted by molar-refractivity contribution is 14.0. The summed E-state index contributed by atoms with van der Waals surface area (Å²) < 4.78 is 44.5. The molecule has 5 nitrogen and oxygen atoms in total.